The van der Waals surface area contributed by atoms with E-state index < -0.39 is 0 Å². The van der Waals surface area contributed by atoms with E-state index in [0.29, 0.717) is 6.04 Å². The summed E-state index contributed by atoms with van der Waals surface area (Å²) in [4.78, 5) is 4.93. The third kappa shape index (κ3) is 4.59. The SMILES string of the molecule is COc1ccc(OC)c([C@H](c2nnnn2C2CCCCC2)N2CCN(c3ccccc3)CC2)c1. The number of hydrogen-bond donors (Lipinski definition) is 0. The summed E-state index contributed by atoms with van der Waals surface area (Å²) in [7, 11) is 3.42. The monoisotopic (exact) mass is 462 g/mol. The van der Waals surface area contributed by atoms with Gasteiger partial charge in [0.05, 0.1) is 20.3 Å². The number of tetrazole rings is 1. The fraction of sp³-hybridized carbons (Fsp3) is 0.500. The van der Waals surface area contributed by atoms with E-state index in [1.165, 1.54) is 24.9 Å². The minimum atomic E-state index is -0.111. The molecule has 1 aliphatic heterocycles. The summed E-state index contributed by atoms with van der Waals surface area (Å²) in [6.07, 6.45) is 6.01. The molecule has 2 fully saturated rings. The van der Waals surface area contributed by atoms with Gasteiger partial charge in [0.1, 0.15) is 17.5 Å². The molecule has 8 nitrogen and oxygen atoms in total. The van der Waals surface area contributed by atoms with Gasteiger partial charge in [-0.15, -0.1) is 5.10 Å². The van der Waals surface area contributed by atoms with E-state index in [9.17, 15) is 0 Å². The van der Waals surface area contributed by atoms with Crippen molar-refractivity contribution in [2.24, 2.45) is 0 Å². The molecule has 2 heterocycles. The average molecular weight is 463 g/mol. The minimum absolute atomic E-state index is 0.111. The smallest absolute Gasteiger partial charge is 0.173 e. The van der Waals surface area contributed by atoms with Gasteiger partial charge in [-0.25, -0.2) is 4.68 Å². The highest BCUT2D eigenvalue weighted by Gasteiger charge is 2.34. The number of benzene rings is 2. The maximum absolute atomic E-state index is 5.82. The van der Waals surface area contributed by atoms with Crippen molar-refractivity contribution in [1.82, 2.24) is 25.1 Å². The van der Waals surface area contributed by atoms with Crippen molar-refractivity contribution in [1.29, 1.82) is 0 Å². The maximum atomic E-state index is 5.82. The summed E-state index contributed by atoms with van der Waals surface area (Å²) >= 11 is 0. The van der Waals surface area contributed by atoms with E-state index in [1.54, 1.807) is 14.2 Å². The first kappa shape index (κ1) is 22.7. The fourth-order valence-electron chi connectivity index (χ4n) is 5.40. The van der Waals surface area contributed by atoms with Crippen molar-refractivity contribution < 1.29 is 9.47 Å². The number of rotatable bonds is 7. The zero-order valence-corrected chi connectivity index (χ0v) is 20.1. The van der Waals surface area contributed by atoms with Gasteiger partial charge in [0.2, 0.25) is 0 Å². The molecule has 1 saturated carbocycles. The zero-order valence-electron chi connectivity index (χ0n) is 20.1. The number of piperazine rings is 1. The fourth-order valence-corrected chi connectivity index (χ4v) is 5.40. The van der Waals surface area contributed by atoms with Crippen LogP contribution in [0.15, 0.2) is 48.5 Å². The number of anilines is 1. The van der Waals surface area contributed by atoms with Crippen molar-refractivity contribution >= 4 is 5.69 Å². The van der Waals surface area contributed by atoms with Crippen molar-refractivity contribution in [2.45, 2.75) is 44.2 Å². The molecule has 1 atom stereocenters. The molecule has 0 N–H and O–H groups in total. The van der Waals surface area contributed by atoms with E-state index in [4.69, 9.17) is 9.47 Å². The van der Waals surface area contributed by atoms with Gasteiger partial charge < -0.3 is 14.4 Å². The normalized spacial score (nSPS) is 18.6. The van der Waals surface area contributed by atoms with E-state index in [0.717, 1.165) is 61.9 Å². The molecule has 5 rings (SSSR count). The topological polar surface area (TPSA) is 68.5 Å². The molecule has 1 aromatic heterocycles. The Kier molecular flexibility index (Phi) is 6.94. The first-order valence-corrected chi connectivity index (χ1v) is 12.3. The van der Waals surface area contributed by atoms with Crippen LogP contribution in [0, 0.1) is 0 Å². The van der Waals surface area contributed by atoms with Crippen molar-refractivity contribution in [3.05, 3.63) is 59.9 Å². The number of ether oxygens (including phenoxy) is 2. The van der Waals surface area contributed by atoms with E-state index >= 15 is 0 Å². The van der Waals surface area contributed by atoms with Gasteiger partial charge in [0, 0.05) is 37.4 Å². The molecular formula is C26H34N6O2. The quantitative estimate of drug-likeness (QED) is 0.523. The average Bonchev–Trinajstić information content (AvgIpc) is 3.39. The largest absolute Gasteiger partial charge is 0.497 e. The van der Waals surface area contributed by atoms with Gasteiger partial charge in [-0.1, -0.05) is 37.5 Å². The van der Waals surface area contributed by atoms with Crippen LogP contribution in [0.1, 0.15) is 55.6 Å². The Morgan fingerprint density at radius 3 is 2.35 bits per heavy atom. The molecule has 3 aromatic rings. The maximum Gasteiger partial charge on any atom is 0.173 e. The molecule has 2 aromatic carbocycles. The van der Waals surface area contributed by atoms with E-state index in [1.807, 2.05) is 12.1 Å². The summed E-state index contributed by atoms with van der Waals surface area (Å²) < 4.78 is 13.5. The predicted molar refractivity (Wildman–Crippen MR) is 132 cm³/mol. The van der Waals surface area contributed by atoms with Crippen LogP contribution in [0.3, 0.4) is 0 Å². The second-order valence-corrected chi connectivity index (χ2v) is 9.14. The third-order valence-electron chi connectivity index (χ3n) is 7.22. The van der Waals surface area contributed by atoms with Crippen molar-refractivity contribution in [3.63, 3.8) is 0 Å². The summed E-state index contributed by atoms with van der Waals surface area (Å²) in [6, 6.07) is 16.9. The lowest BCUT2D eigenvalue weighted by Gasteiger charge is -2.40. The van der Waals surface area contributed by atoms with Gasteiger partial charge in [-0.2, -0.15) is 0 Å². The molecule has 0 unspecified atom stereocenters. The summed E-state index contributed by atoms with van der Waals surface area (Å²) in [6.45, 7) is 3.69. The lowest BCUT2D eigenvalue weighted by atomic mass is 9.94. The van der Waals surface area contributed by atoms with Gasteiger partial charge in [0.25, 0.3) is 0 Å². The van der Waals surface area contributed by atoms with Gasteiger partial charge >= 0.3 is 0 Å². The standard InChI is InChI=1S/C26H34N6O2/c1-33-22-13-14-24(34-2)23(19-22)25(26-27-28-29-32(26)21-11-7-4-8-12-21)31-17-15-30(16-18-31)20-9-5-3-6-10-20/h3,5-6,9-10,13-14,19,21,25H,4,7-8,11-12,15-18H2,1-2H3/t25-/m1/s1. The third-order valence-corrected chi connectivity index (χ3v) is 7.22. The lowest BCUT2D eigenvalue weighted by molar-refractivity contribution is 0.190. The van der Waals surface area contributed by atoms with Crippen LogP contribution in [0.2, 0.25) is 0 Å². The number of hydrogen-bond acceptors (Lipinski definition) is 7. The predicted octanol–water partition coefficient (Wildman–Crippen LogP) is 4.11. The van der Waals surface area contributed by atoms with Gasteiger partial charge in [-0.3, -0.25) is 4.90 Å². The summed E-state index contributed by atoms with van der Waals surface area (Å²) in [5, 5.41) is 13.2. The molecule has 1 saturated heterocycles. The Hall–Kier alpha value is -3.13. The van der Waals surface area contributed by atoms with Crippen LogP contribution >= 0.6 is 0 Å². The zero-order chi connectivity index (χ0) is 23.3. The molecule has 8 heteroatoms. The van der Waals surface area contributed by atoms with Crippen LogP contribution < -0.4 is 14.4 Å². The highest BCUT2D eigenvalue weighted by Crippen LogP contribution is 2.39. The van der Waals surface area contributed by atoms with Crippen LogP contribution in [0.5, 0.6) is 11.5 Å². The molecule has 0 spiro atoms. The second kappa shape index (κ2) is 10.4. The first-order chi connectivity index (χ1) is 16.8. The van der Waals surface area contributed by atoms with Crippen LogP contribution in [-0.4, -0.2) is 65.5 Å². The molecule has 1 aliphatic carbocycles. The Balaban J connectivity index is 1.50. The Morgan fingerprint density at radius 1 is 0.882 bits per heavy atom. The molecule has 0 amide bonds. The minimum Gasteiger partial charge on any atom is -0.497 e. The van der Waals surface area contributed by atoms with Crippen molar-refractivity contribution in [2.75, 3.05) is 45.3 Å². The Labute approximate surface area is 201 Å². The van der Waals surface area contributed by atoms with Crippen LogP contribution in [0.4, 0.5) is 5.69 Å². The Morgan fingerprint density at radius 2 is 1.65 bits per heavy atom. The molecule has 2 aliphatic rings. The molecule has 0 bridgehead atoms. The van der Waals surface area contributed by atoms with Crippen LogP contribution in [-0.2, 0) is 0 Å². The highest BCUT2D eigenvalue weighted by molar-refractivity contribution is 5.47. The second-order valence-electron chi connectivity index (χ2n) is 9.14. The number of nitrogens with zero attached hydrogens (tertiary/aromatic N) is 6. The van der Waals surface area contributed by atoms with Crippen molar-refractivity contribution in [3.8, 4) is 11.5 Å². The molecule has 34 heavy (non-hydrogen) atoms. The first-order valence-electron chi connectivity index (χ1n) is 12.3. The molecular weight excluding hydrogens is 428 g/mol. The van der Waals surface area contributed by atoms with E-state index in [2.05, 4.69) is 66.4 Å². The number of methoxy groups -OCH3 is 2. The van der Waals surface area contributed by atoms with Gasteiger partial charge in [-0.05, 0) is 53.6 Å². The van der Waals surface area contributed by atoms with E-state index in [-0.39, 0.29) is 6.04 Å². The molecule has 180 valence electrons. The van der Waals surface area contributed by atoms with Gasteiger partial charge in [0.15, 0.2) is 5.82 Å². The highest BCUT2D eigenvalue weighted by atomic mass is 16.5. The lowest BCUT2D eigenvalue weighted by Crippen LogP contribution is -2.48. The summed E-state index contributed by atoms with van der Waals surface area (Å²) in [5.74, 6) is 2.53. The van der Waals surface area contributed by atoms with Crippen LogP contribution in [0.25, 0.3) is 0 Å². The molecule has 0 radical (unpaired) electrons. The number of para-hydroxylation sites is 1. The number of aromatic nitrogens is 4. The summed E-state index contributed by atoms with van der Waals surface area (Å²) in [5.41, 5.74) is 2.31. The Bertz CT molecular complexity index is 1060.